The molecule has 1 atom stereocenters. The SMILES string of the molecule is CC(C)[C@H](CO)NC(=O)c1cc(CN2CCOCC2)on1. The van der Waals surface area contributed by atoms with Crippen molar-refractivity contribution in [1.29, 1.82) is 0 Å². The van der Waals surface area contributed by atoms with Gasteiger partial charge in [-0.15, -0.1) is 0 Å². The fourth-order valence-corrected chi connectivity index (χ4v) is 2.14. The van der Waals surface area contributed by atoms with E-state index < -0.39 is 0 Å². The summed E-state index contributed by atoms with van der Waals surface area (Å²) < 4.78 is 10.5. The predicted molar refractivity (Wildman–Crippen MR) is 75.8 cm³/mol. The van der Waals surface area contributed by atoms with E-state index in [9.17, 15) is 9.90 Å². The number of aliphatic hydroxyl groups is 1. The summed E-state index contributed by atoms with van der Waals surface area (Å²) in [5, 5.41) is 15.8. The summed E-state index contributed by atoms with van der Waals surface area (Å²) in [6.45, 7) is 7.53. The molecule has 1 aliphatic rings. The lowest BCUT2D eigenvalue weighted by Gasteiger charge is -2.25. The molecule has 0 aromatic carbocycles. The first kappa shape index (κ1) is 15.9. The number of carbonyl (C=O) groups excluding carboxylic acids is 1. The van der Waals surface area contributed by atoms with E-state index in [0.717, 1.165) is 13.1 Å². The molecule has 0 bridgehead atoms. The molecule has 0 aliphatic carbocycles. The first-order chi connectivity index (χ1) is 10.1. The van der Waals surface area contributed by atoms with Gasteiger partial charge in [0, 0.05) is 19.2 Å². The highest BCUT2D eigenvalue weighted by Crippen LogP contribution is 2.10. The van der Waals surface area contributed by atoms with Crippen molar-refractivity contribution in [3.63, 3.8) is 0 Å². The molecule has 118 valence electrons. The van der Waals surface area contributed by atoms with Gasteiger partial charge in [-0.25, -0.2) is 0 Å². The maximum Gasteiger partial charge on any atom is 0.273 e. The second kappa shape index (κ2) is 7.53. The van der Waals surface area contributed by atoms with Gasteiger partial charge in [0.25, 0.3) is 5.91 Å². The second-order valence-electron chi connectivity index (χ2n) is 5.57. The highest BCUT2D eigenvalue weighted by Gasteiger charge is 2.20. The molecule has 1 saturated heterocycles. The Morgan fingerprint density at radius 3 is 2.81 bits per heavy atom. The lowest BCUT2D eigenvalue weighted by Crippen LogP contribution is -2.41. The minimum atomic E-state index is -0.320. The molecule has 21 heavy (non-hydrogen) atoms. The van der Waals surface area contributed by atoms with Crippen LogP contribution in [0.4, 0.5) is 0 Å². The number of hydrogen-bond acceptors (Lipinski definition) is 6. The van der Waals surface area contributed by atoms with E-state index in [4.69, 9.17) is 9.26 Å². The van der Waals surface area contributed by atoms with Crippen LogP contribution in [0.15, 0.2) is 10.6 Å². The van der Waals surface area contributed by atoms with E-state index in [1.807, 2.05) is 13.8 Å². The Hall–Kier alpha value is -1.44. The lowest BCUT2D eigenvalue weighted by atomic mass is 10.1. The summed E-state index contributed by atoms with van der Waals surface area (Å²) in [5.74, 6) is 0.491. The zero-order chi connectivity index (χ0) is 15.2. The van der Waals surface area contributed by atoms with Crippen molar-refractivity contribution >= 4 is 5.91 Å². The number of hydrogen-bond donors (Lipinski definition) is 2. The summed E-state index contributed by atoms with van der Waals surface area (Å²) in [4.78, 5) is 14.2. The molecule has 1 amide bonds. The van der Waals surface area contributed by atoms with Crippen molar-refractivity contribution in [2.75, 3.05) is 32.9 Å². The molecule has 2 N–H and O–H groups in total. The molecular weight excluding hydrogens is 274 g/mol. The Balaban J connectivity index is 1.90. The normalized spacial score (nSPS) is 17.9. The topological polar surface area (TPSA) is 87.8 Å². The van der Waals surface area contributed by atoms with Crippen LogP contribution < -0.4 is 5.32 Å². The maximum absolute atomic E-state index is 12.0. The number of rotatable bonds is 6. The third-order valence-electron chi connectivity index (χ3n) is 3.59. The molecule has 1 aliphatic heterocycles. The predicted octanol–water partition coefficient (Wildman–Crippen LogP) is 0.254. The number of amides is 1. The second-order valence-corrected chi connectivity index (χ2v) is 5.57. The van der Waals surface area contributed by atoms with Crippen LogP contribution in [-0.2, 0) is 11.3 Å². The maximum atomic E-state index is 12.0. The van der Waals surface area contributed by atoms with Crippen LogP contribution in [0, 0.1) is 5.92 Å². The van der Waals surface area contributed by atoms with Crippen molar-refractivity contribution in [1.82, 2.24) is 15.4 Å². The van der Waals surface area contributed by atoms with Crippen molar-refractivity contribution in [2.45, 2.75) is 26.4 Å². The third-order valence-corrected chi connectivity index (χ3v) is 3.59. The van der Waals surface area contributed by atoms with Gasteiger partial charge < -0.3 is 19.7 Å². The average molecular weight is 297 g/mol. The Kier molecular flexibility index (Phi) is 5.72. The van der Waals surface area contributed by atoms with Crippen LogP contribution in [0.1, 0.15) is 30.1 Å². The van der Waals surface area contributed by atoms with Crippen molar-refractivity contribution < 1.29 is 19.2 Å². The Labute approximate surface area is 124 Å². The van der Waals surface area contributed by atoms with Gasteiger partial charge in [-0.05, 0) is 5.92 Å². The van der Waals surface area contributed by atoms with Gasteiger partial charge in [-0.3, -0.25) is 9.69 Å². The fourth-order valence-electron chi connectivity index (χ4n) is 2.14. The number of morpholine rings is 1. The van der Waals surface area contributed by atoms with Crippen LogP contribution in [0.25, 0.3) is 0 Å². The highest BCUT2D eigenvalue weighted by atomic mass is 16.5. The van der Waals surface area contributed by atoms with E-state index in [-0.39, 0.29) is 30.2 Å². The van der Waals surface area contributed by atoms with Crippen LogP contribution in [-0.4, -0.2) is 60.0 Å². The van der Waals surface area contributed by atoms with Gasteiger partial charge in [0.15, 0.2) is 11.5 Å². The molecule has 0 unspecified atom stereocenters. The smallest absolute Gasteiger partial charge is 0.273 e. The molecule has 7 heteroatoms. The van der Waals surface area contributed by atoms with Crippen molar-refractivity contribution in [2.24, 2.45) is 5.92 Å². The van der Waals surface area contributed by atoms with Crippen LogP contribution in [0.5, 0.6) is 0 Å². The molecule has 1 fully saturated rings. The Bertz CT molecular complexity index is 455. The zero-order valence-corrected chi connectivity index (χ0v) is 12.5. The number of ether oxygens (including phenoxy) is 1. The van der Waals surface area contributed by atoms with Gasteiger partial charge >= 0.3 is 0 Å². The minimum absolute atomic E-state index is 0.0953. The quantitative estimate of drug-likeness (QED) is 0.783. The molecule has 1 aromatic rings. The zero-order valence-electron chi connectivity index (χ0n) is 12.5. The molecule has 0 radical (unpaired) electrons. The first-order valence-electron chi connectivity index (χ1n) is 7.27. The van der Waals surface area contributed by atoms with Gasteiger partial charge in [0.1, 0.15) is 0 Å². The van der Waals surface area contributed by atoms with Crippen LogP contribution in [0.3, 0.4) is 0 Å². The molecule has 2 heterocycles. The summed E-state index contributed by atoms with van der Waals surface area (Å²) >= 11 is 0. The standard InChI is InChI=1S/C14H23N3O4/c1-10(2)13(9-18)15-14(19)12-7-11(21-16-12)8-17-3-5-20-6-4-17/h7,10,13,18H,3-6,8-9H2,1-2H3,(H,15,19)/t13-/m0/s1. The van der Waals surface area contributed by atoms with E-state index >= 15 is 0 Å². The van der Waals surface area contributed by atoms with E-state index in [0.29, 0.717) is 25.5 Å². The van der Waals surface area contributed by atoms with E-state index in [1.54, 1.807) is 6.07 Å². The van der Waals surface area contributed by atoms with Gasteiger partial charge in [-0.2, -0.15) is 0 Å². The van der Waals surface area contributed by atoms with Crippen molar-refractivity contribution in [3.8, 4) is 0 Å². The number of nitrogens with zero attached hydrogens (tertiary/aromatic N) is 2. The number of aliphatic hydroxyl groups excluding tert-OH is 1. The Morgan fingerprint density at radius 2 is 2.19 bits per heavy atom. The number of carbonyl (C=O) groups is 1. The van der Waals surface area contributed by atoms with Gasteiger partial charge in [0.05, 0.1) is 32.4 Å². The van der Waals surface area contributed by atoms with E-state index in [2.05, 4.69) is 15.4 Å². The summed E-state index contributed by atoms with van der Waals surface area (Å²) in [6.07, 6.45) is 0. The largest absolute Gasteiger partial charge is 0.394 e. The monoisotopic (exact) mass is 297 g/mol. The highest BCUT2D eigenvalue weighted by molar-refractivity contribution is 5.92. The Morgan fingerprint density at radius 1 is 1.48 bits per heavy atom. The summed E-state index contributed by atoms with van der Waals surface area (Å²) in [6, 6.07) is 1.37. The summed E-state index contributed by atoms with van der Waals surface area (Å²) in [7, 11) is 0. The molecule has 0 saturated carbocycles. The molecule has 7 nitrogen and oxygen atoms in total. The van der Waals surface area contributed by atoms with E-state index in [1.165, 1.54) is 0 Å². The van der Waals surface area contributed by atoms with Crippen molar-refractivity contribution in [3.05, 3.63) is 17.5 Å². The molecule has 0 spiro atoms. The minimum Gasteiger partial charge on any atom is -0.394 e. The summed E-state index contributed by atoms with van der Waals surface area (Å²) in [5.41, 5.74) is 0.248. The lowest BCUT2D eigenvalue weighted by molar-refractivity contribution is 0.0305. The first-order valence-corrected chi connectivity index (χ1v) is 7.27. The van der Waals surface area contributed by atoms with Crippen LogP contribution in [0.2, 0.25) is 0 Å². The van der Waals surface area contributed by atoms with Gasteiger partial charge in [-0.1, -0.05) is 19.0 Å². The third kappa shape index (κ3) is 4.52. The van der Waals surface area contributed by atoms with Gasteiger partial charge in [0.2, 0.25) is 0 Å². The van der Waals surface area contributed by atoms with Crippen LogP contribution >= 0.6 is 0 Å². The number of aromatic nitrogens is 1. The molecule has 1 aromatic heterocycles. The number of nitrogens with one attached hydrogen (secondary N) is 1. The average Bonchev–Trinajstić information content (AvgIpc) is 2.94. The molecular formula is C14H23N3O4. The molecule has 2 rings (SSSR count). The fraction of sp³-hybridized carbons (Fsp3) is 0.714.